The van der Waals surface area contributed by atoms with Gasteiger partial charge in [-0.15, -0.1) is 0 Å². The molecule has 0 spiro atoms. The minimum absolute atomic E-state index is 0.0389. The first-order valence-electron chi connectivity index (χ1n) is 9.93. The topological polar surface area (TPSA) is 25.8 Å². The van der Waals surface area contributed by atoms with Crippen LogP contribution in [0, 0.1) is 11.6 Å². The van der Waals surface area contributed by atoms with E-state index in [2.05, 4.69) is 29.0 Å². The van der Waals surface area contributed by atoms with Crippen molar-refractivity contribution in [3.05, 3.63) is 77.6 Å². The average molecular weight is 432 g/mol. The molecule has 1 aromatic heterocycles. The van der Waals surface area contributed by atoms with Crippen LogP contribution < -0.4 is 0 Å². The van der Waals surface area contributed by atoms with E-state index in [9.17, 15) is 22.0 Å². The summed E-state index contributed by atoms with van der Waals surface area (Å²) >= 11 is 0. The number of unbranched alkanes of at least 4 members (excludes halogenated alkanes) is 2. The SMILES string of the molecule is CCCCCc1ccc(-c2cnc(-c3cc(F)c(C=CC(F)(F)F)c(F)c3)nc2)cc1. The number of aromatic nitrogens is 2. The third-order valence-electron chi connectivity index (χ3n) is 4.78. The molecule has 0 saturated carbocycles. The number of hydrogen-bond acceptors (Lipinski definition) is 2. The molecule has 1 heterocycles. The van der Waals surface area contributed by atoms with Crippen LogP contribution >= 0.6 is 0 Å². The molecule has 0 unspecified atom stereocenters. The molecule has 0 bridgehead atoms. The summed E-state index contributed by atoms with van der Waals surface area (Å²) in [6.45, 7) is 2.16. The molecule has 0 amide bonds. The Morgan fingerprint density at radius 2 is 1.45 bits per heavy atom. The van der Waals surface area contributed by atoms with Crippen molar-refractivity contribution in [2.45, 2.75) is 38.8 Å². The van der Waals surface area contributed by atoms with Crippen LogP contribution in [0.25, 0.3) is 28.6 Å². The smallest absolute Gasteiger partial charge is 0.236 e. The van der Waals surface area contributed by atoms with Crippen molar-refractivity contribution in [1.82, 2.24) is 9.97 Å². The summed E-state index contributed by atoms with van der Waals surface area (Å²) in [6.07, 6.45) is 3.10. The van der Waals surface area contributed by atoms with Gasteiger partial charge in [0, 0.05) is 35.2 Å². The second-order valence-corrected chi connectivity index (χ2v) is 7.18. The van der Waals surface area contributed by atoms with Crippen molar-refractivity contribution in [1.29, 1.82) is 0 Å². The third kappa shape index (κ3) is 6.20. The van der Waals surface area contributed by atoms with Gasteiger partial charge in [-0.2, -0.15) is 13.2 Å². The van der Waals surface area contributed by atoms with E-state index in [1.54, 1.807) is 12.4 Å². The van der Waals surface area contributed by atoms with Crippen LogP contribution in [0.1, 0.15) is 37.3 Å². The first-order valence-corrected chi connectivity index (χ1v) is 9.93. The Morgan fingerprint density at radius 1 is 0.839 bits per heavy atom. The first-order chi connectivity index (χ1) is 14.8. The van der Waals surface area contributed by atoms with Crippen LogP contribution in [0.3, 0.4) is 0 Å². The van der Waals surface area contributed by atoms with E-state index in [1.165, 1.54) is 18.4 Å². The lowest BCUT2D eigenvalue weighted by Gasteiger charge is -2.07. The van der Waals surface area contributed by atoms with E-state index >= 15 is 0 Å². The number of nitrogens with zero attached hydrogens (tertiary/aromatic N) is 2. The number of hydrogen-bond donors (Lipinski definition) is 0. The van der Waals surface area contributed by atoms with E-state index < -0.39 is 23.4 Å². The molecule has 0 N–H and O–H groups in total. The maximum absolute atomic E-state index is 14.2. The van der Waals surface area contributed by atoms with Crippen LogP contribution in [0.2, 0.25) is 0 Å². The molecule has 31 heavy (non-hydrogen) atoms. The molecule has 7 heteroatoms. The first kappa shape index (κ1) is 22.6. The highest BCUT2D eigenvalue weighted by molar-refractivity contribution is 5.65. The van der Waals surface area contributed by atoms with Gasteiger partial charge in [-0.3, -0.25) is 0 Å². The van der Waals surface area contributed by atoms with Gasteiger partial charge < -0.3 is 0 Å². The van der Waals surface area contributed by atoms with Crippen LogP contribution in [-0.2, 0) is 6.42 Å². The number of aryl methyl sites for hydroxylation is 1. The van der Waals surface area contributed by atoms with Crippen molar-refractivity contribution in [2.75, 3.05) is 0 Å². The average Bonchev–Trinajstić information content (AvgIpc) is 2.73. The number of alkyl halides is 3. The van der Waals surface area contributed by atoms with Gasteiger partial charge in [-0.1, -0.05) is 44.0 Å². The van der Waals surface area contributed by atoms with Gasteiger partial charge in [-0.05, 0) is 42.2 Å². The van der Waals surface area contributed by atoms with Gasteiger partial charge in [0.1, 0.15) is 11.6 Å². The highest BCUT2D eigenvalue weighted by atomic mass is 19.4. The van der Waals surface area contributed by atoms with Crippen LogP contribution in [0.5, 0.6) is 0 Å². The summed E-state index contributed by atoms with van der Waals surface area (Å²) in [6, 6.07) is 9.88. The fraction of sp³-hybridized carbons (Fsp3) is 0.250. The van der Waals surface area contributed by atoms with Gasteiger partial charge in [0.05, 0.1) is 0 Å². The molecule has 0 radical (unpaired) electrons. The van der Waals surface area contributed by atoms with E-state index in [4.69, 9.17) is 0 Å². The van der Waals surface area contributed by atoms with Crippen LogP contribution in [0.15, 0.2) is 54.9 Å². The van der Waals surface area contributed by atoms with E-state index in [0.29, 0.717) is 6.08 Å². The zero-order chi connectivity index (χ0) is 22.4. The highest BCUT2D eigenvalue weighted by Crippen LogP contribution is 2.26. The minimum atomic E-state index is -4.66. The summed E-state index contributed by atoms with van der Waals surface area (Å²) in [7, 11) is 0. The third-order valence-corrected chi connectivity index (χ3v) is 4.78. The summed E-state index contributed by atoms with van der Waals surface area (Å²) in [5.41, 5.74) is 2.18. The van der Waals surface area contributed by atoms with Gasteiger partial charge in [0.15, 0.2) is 5.82 Å². The van der Waals surface area contributed by atoms with Crippen molar-refractivity contribution in [2.24, 2.45) is 0 Å². The molecule has 3 aromatic rings. The quantitative estimate of drug-likeness (QED) is 0.287. The molecule has 2 nitrogen and oxygen atoms in total. The Kier molecular flexibility index (Phi) is 7.15. The van der Waals surface area contributed by atoms with Crippen LogP contribution in [0.4, 0.5) is 22.0 Å². The van der Waals surface area contributed by atoms with E-state index in [1.807, 2.05) is 12.1 Å². The normalized spacial score (nSPS) is 11.9. The molecule has 0 aliphatic rings. The summed E-state index contributed by atoms with van der Waals surface area (Å²) in [4.78, 5) is 8.33. The molecule has 162 valence electrons. The maximum Gasteiger partial charge on any atom is 0.409 e. The Hall–Kier alpha value is -3.09. The van der Waals surface area contributed by atoms with Gasteiger partial charge in [-0.25, -0.2) is 18.7 Å². The minimum Gasteiger partial charge on any atom is -0.236 e. The van der Waals surface area contributed by atoms with Crippen molar-refractivity contribution in [3.63, 3.8) is 0 Å². The lowest BCUT2D eigenvalue weighted by molar-refractivity contribution is -0.0790. The fourth-order valence-corrected chi connectivity index (χ4v) is 3.12. The van der Waals surface area contributed by atoms with Crippen LogP contribution in [-0.4, -0.2) is 16.1 Å². The Morgan fingerprint density at radius 3 is 2.00 bits per heavy atom. The lowest BCUT2D eigenvalue weighted by atomic mass is 10.0. The molecular formula is C24H21F5N2. The zero-order valence-corrected chi connectivity index (χ0v) is 16.9. The predicted octanol–water partition coefficient (Wildman–Crippen LogP) is 7.40. The number of halogens is 5. The second kappa shape index (κ2) is 9.81. The van der Waals surface area contributed by atoms with E-state index in [-0.39, 0.29) is 17.5 Å². The number of rotatable bonds is 7. The van der Waals surface area contributed by atoms with Crippen molar-refractivity contribution < 1.29 is 22.0 Å². The Balaban J connectivity index is 1.78. The zero-order valence-electron chi connectivity index (χ0n) is 16.9. The molecule has 3 rings (SSSR count). The van der Waals surface area contributed by atoms with Gasteiger partial charge in [0.2, 0.25) is 0 Å². The Bertz CT molecular complexity index is 1020. The van der Waals surface area contributed by atoms with E-state index in [0.717, 1.165) is 36.1 Å². The molecule has 2 aromatic carbocycles. The summed E-state index contributed by atoms with van der Waals surface area (Å²) < 4.78 is 65.1. The highest BCUT2D eigenvalue weighted by Gasteiger charge is 2.23. The van der Waals surface area contributed by atoms with Crippen molar-refractivity contribution in [3.8, 4) is 22.5 Å². The predicted molar refractivity (Wildman–Crippen MR) is 111 cm³/mol. The largest absolute Gasteiger partial charge is 0.409 e. The standard InChI is InChI=1S/C24H21F5N2/c1-2-3-4-5-16-6-8-17(9-7-16)19-14-30-23(31-15-19)18-12-21(25)20(22(26)13-18)10-11-24(27,28)29/h6-15H,2-5H2,1H3. The molecule has 0 aliphatic carbocycles. The maximum atomic E-state index is 14.2. The van der Waals surface area contributed by atoms with Gasteiger partial charge in [0.25, 0.3) is 0 Å². The second-order valence-electron chi connectivity index (χ2n) is 7.18. The molecule has 0 fully saturated rings. The summed E-state index contributed by atoms with van der Waals surface area (Å²) in [5.74, 6) is -2.17. The molecule has 0 saturated heterocycles. The fourth-order valence-electron chi connectivity index (χ4n) is 3.12. The molecule has 0 atom stereocenters. The Labute approximate surface area is 177 Å². The molecular weight excluding hydrogens is 411 g/mol. The number of allylic oxidation sites excluding steroid dienone is 1. The summed E-state index contributed by atoms with van der Waals surface area (Å²) in [5, 5.41) is 0. The number of benzene rings is 2. The van der Waals surface area contributed by atoms with Crippen molar-refractivity contribution >= 4 is 6.08 Å². The molecule has 0 aliphatic heterocycles. The lowest BCUT2D eigenvalue weighted by Crippen LogP contribution is -2.01. The van der Waals surface area contributed by atoms with Gasteiger partial charge >= 0.3 is 6.18 Å². The monoisotopic (exact) mass is 432 g/mol.